The highest BCUT2D eigenvalue weighted by atomic mass is 35.5. The summed E-state index contributed by atoms with van der Waals surface area (Å²) in [6.45, 7) is 0.902. The van der Waals surface area contributed by atoms with E-state index in [1.165, 1.54) is 31.0 Å². The Morgan fingerprint density at radius 3 is 3.11 bits per heavy atom. The molecule has 1 aromatic rings. The van der Waals surface area contributed by atoms with Crippen LogP contribution in [0.15, 0.2) is 18.2 Å². The zero-order chi connectivity index (χ0) is 13.4. The molecule has 2 N–H and O–H groups in total. The lowest BCUT2D eigenvalue weighted by molar-refractivity contribution is -0.118. The van der Waals surface area contributed by atoms with Crippen molar-refractivity contribution in [3.63, 3.8) is 0 Å². The maximum absolute atomic E-state index is 13.2. The fourth-order valence-corrected chi connectivity index (χ4v) is 3.44. The third-order valence-electron chi connectivity index (χ3n) is 4.21. The van der Waals surface area contributed by atoms with Crippen LogP contribution < -0.4 is 10.6 Å². The Labute approximate surface area is 116 Å². The fraction of sp³-hybridized carbons (Fsp3) is 0.500. The Bertz CT molecular complexity index is 508. The van der Waals surface area contributed by atoms with Gasteiger partial charge in [-0.2, -0.15) is 0 Å². The maximum Gasteiger partial charge on any atom is 0.241 e. The van der Waals surface area contributed by atoms with Crippen molar-refractivity contribution >= 4 is 23.2 Å². The zero-order valence-electron chi connectivity index (χ0n) is 10.5. The second-order valence-corrected chi connectivity index (χ2v) is 5.76. The molecule has 1 saturated heterocycles. The number of halogens is 2. The number of hydrogen-bond acceptors (Lipinski definition) is 2. The third kappa shape index (κ3) is 2.47. The SMILES string of the molecule is O=C(Nc1cc(F)ccc1Cl)C1NCC2CCCC21. The summed E-state index contributed by atoms with van der Waals surface area (Å²) < 4.78 is 13.2. The van der Waals surface area contributed by atoms with Crippen LogP contribution in [0, 0.1) is 17.7 Å². The van der Waals surface area contributed by atoms with Gasteiger partial charge in [-0.25, -0.2) is 4.39 Å². The van der Waals surface area contributed by atoms with Gasteiger partial charge in [-0.05, 0) is 49.4 Å². The van der Waals surface area contributed by atoms with Crippen LogP contribution in [0.5, 0.6) is 0 Å². The molecule has 0 spiro atoms. The molecule has 1 aromatic carbocycles. The van der Waals surface area contributed by atoms with E-state index in [1.54, 1.807) is 0 Å². The fourth-order valence-electron chi connectivity index (χ4n) is 3.28. The van der Waals surface area contributed by atoms with E-state index >= 15 is 0 Å². The molecular weight excluding hydrogens is 267 g/mol. The van der Waals surface area contributed by atoms with Crippen LogP contribution >= 0.6 is 11.6 Å². The Morgan fingerprint density at radius 1 is 1.42 bits per heavy atom. The largest absolute Gasteiger partial charge is 0.323 e. The standard InChI is InChI=1S/C14H16ClFN2O/c15-11-5-4-9(16)6-12(11)18-14(19)13-10-3-1-2-8(10)7-17-13/h4-6,8,10,13,17H,1-3,7H2,(H,18,19). The van der Waals surface area contributed by atoms with E-state index in [-0.39, 0.29) is 11.9 Å². The molecule has 3 nitrogen and oxygen atoms in total. The van der Waals surface area contributed by atoms with Crippen molar-refractivity contribution in [3.05, 3.63) is 29.0 Å². The van der Waals surface area contributed by atoms with Crippen LogP contribution in [0.2, 0.25) is 5.02 Å². The number of benzene rings is 1. The molecule has 1 aliphatic heterocycles. The monoisotopic (exact) mass is 282 g/mol. The summed E-state index contributed by atoms with van der Waals surface area (Å²) in [6.07, 6.45) is 3.48. The highest BCUT2D eigenvalue weighted by molar-refractivity contribution is 6.33. The predicted octanol–water partition coefficient (Wildman–Crippen LogP) is 2.81. The average Bonchev–Trinajstić information content (AvgIpc) is 2.95. The zero-order valence-corrected chi connectivity index (χ0v) is 11.2. The summed E-state index contributed by atoms with van der Waals surface area (Å²) in [7, 11) is 0. The molecule has 0 bridgehead atoms. The lowest BCUT2D eigenvalue weighted by atomic mass is 9.93. The molecule has 3 atom stereocenters. The van der Waals surface area contributed by atoms with Gasteiger partial charge < -0.3 is 10.6 Å². The van der Waals surface area contributed by atoms with Crippen molar-refractivity contribution in [2.75, 3.05) is 11.9 Å². The van der Waals surface area contributed by atoms with Crippen LogP contribution in [-0.4, -0.2) is 18.5 Å². The molecule has 1 amide bonds. The Kier molecular flexibility index (Phi) is 3.46. The number of carbonyl (C=O) groups excluding carboxylic acids is 1. The van der Waals surface area contributed by atoms with Crippen LogP contribution in [0.4, 0.5) is 10.1 Å². The maximum atomic E-state index is 13.2. The van der Waals surface area contributed by atoms with E-state index < -0.39 is 5.82 Å². The molecule has 102 valence electrons. The highest BCUT2D eigenvalue weighted by Gasteiger charge is 2.42. The topological polar surface area (TPSA) is 41.1 Å². The molecule has 0 aromatic heterocycles. The van der Waals surface area contributed by atoms with Crippen molar-refractivity contribution in [2.24, 2.45) is 11.8 Å². The number of hydrogen-bond donors (Lipinski definition) is 2. The van der Waals surface area contributed by atoms with E-state index in [2.05, 4.69) is 10.6 Å². The molecule has 3 unspecified atom stereocenters. The van der Waals surface area contributed by atoms with E-state index in [4.69, 9.17) is 11.6 Å². The van der Waals surface area contributed by atoms with Gasteiger partial charge in [0, 0.05) is 0 Å². The molecule has 3 rings (SSSR count). The smallest absolute Gasteiger partial charge is 0.241 e. The molecule has 0 radical (unpaired) electrons. The quantitative estimate of drug-likeness (QED) is 0.876. The molecular formula is C14H16ClFN2O. The van der Waals surface area contributed by atoms with Crippen LogP contribution in [0.25, 0.3) is 0 Å². The number of nitrogens with one attached hydrogen (secondary N) is 2. The van der Waals surface area contributed by atoms with E-state index in [0.29, 0.717) is 22.5 Å². The van der Waals surface area contributed by atoms with Gasteiger partial charge in [-0.3, -0.25) is 4.79 Å². The summed E-state index contributed by atoms with van der Waals surface area (Å²) in [6, 6.07) is 3.81. The summed E-state index contributed by atoms with van der Waals surface area (Å²) in [5.74, 6) is 0.505. The Hall–Kier alpha value is -1.13. The van der Waals surface area contributed by atoms with Gasteiger partial charge in [0.05, 0.1) is 16.8 Å². The molecule has 2 fully saturated rings. The summed E-state index contributed by atoms with van der Waals surface area (Å²) in [4.78, 5) is 12.3. The van der Waals surface area contributed by atoms with Gasteiger partial charge in [0.1, 0.15) is 5.82 Å². The van der Waals surface area contributed by atoms with Gasteiger partial charge in [0.2, 0.25) is 5.91 Å². The van der Waals surface area contributed by atoms with Gasteiger partial charge in [0.25, 0.3) is 0 Å². The summed E-state index contributed by atoms with van der Waals surface area (Å²) in [5, 5.41) is 6.35. The second kappa shape index (κ2) is 5.10. The minimum absolute atomic E-state index is 0.109. The normalized spacial score (nSPS) is 29.3. The summed E-state index contributed by atoms with van der Waals surface area (Å²) >= 11 is 5.96. The van der Waals surface area contributed by atoms with E-state index in [0.717, 1.165) is 13.0 Å². The van der Waals surface area contributed by atoms with Crippen LogP contribution in [0.3, 0.4) is 0 Å². The molecule has 5 heteroatoms. The van der Waals surface area contributed by atoms with Gasteiger partial charge in [-0.15, -0.1) is 0 Å². The minimum atomic E-state index is -0.405. The average molecular weight is 283 g/mol. The first kappa shape index (κ1) is 12.9. The first-order valence-electron chi connectivity index (χ1n) is 6.64. The van der Waals surface area contributed by atoms with Crippen LogP contribution in [0.1, 0.15) is 19.3 Å². The molecule has 1 aliphatic carbocycles. The van der Waals surface area contributed by atoms with Crippen molar-refractivity contribution in [3.8, 4) is 0 Å². The molecule has 1 heterocycles. The first-order chi connectivity index (χ1) is 9.15. The van der Waals surface area contributed by atoms with Crippen molar-refractivity contribution in [2.45, 2.75) is 25.3 Å². The Balaban J connectivity index is 1.73. The van der Waals surface area contributed by atoms with Gasteiger partial charge >= 0.3 is 0 Å². The van der Waals surface area contributed by atoms with Gasteiger partial charge in [0.15, 0.2) is 0 Å². The number of fused-ring (bicyclic) bond motifs is 1. The number of anilines is 1. The second-order valence-electron chi connectivity index (χ2n) is 5.35. The van der Waals surface area contributed by atoms with Gasteiger partial charge in [-0.1, -0.05) is 18.0 Å². The lowest BCUT2D eigenvalue weighted by Crippen LogP contribution is -2.39. The van der Waals surface area contributed by atoms with Crippen molar-refractivity contribution in [1.29, 1.82) is 0 Å². The molecule has 1 saturated carbocycles. The highest BCUT2D eigenvalue weighted by Crippen LogP contribution is 2.38. The van der Waals surface area contributed by atoms with E-state index in [1.807, 2.05) is 0 Å². The first-order valence-corrected chi connectivity index (χ1v) is 7.02. The van der Waals surface area contributed by atoms with Crippen LogP contribution in [-0.2, 0) is 4.79 Å². The van der Waals surface area contributed by atoms with E-state index in [9.17, 15) is 9.18 Å². The number of amides is 1. The lowest BCUT2D eigenvalue weighted by Gasteiger charge is -2.18. The number of rotatable bonds is 2. The molecule has 19 heavy (non-hydrogen) atoms. The predicted molar refractivity (Wildman–Crippen MR) is 72.7 cm³/mol. The van der Waals surface area contributed by atoms with Crippen molar-refractivity contribution in [1.82, 2.24) is 5.32 Å². The van der Waals surface area contributed by atoms with Crippen molar-refractivity contribution < 1.29 is 9.18 Å². The molecule has 2 aliphatic rings. The summed E-state index contributed by atoms with van der Waals surface area (Å²) in [5.41, 5.74) is 0.343. The third-order valence-corrected chi connectivity index (χ3v) is 4.54. The minimum Gasteiger partial charge on any atom is -0.323 e. The number of carbonyl (C=O) groups is 1. The Morgan fingerprint density at radius 2 is 2.26 bits per heavy atom.